The summed E-state index contributed by atoms with van der Waals surface area (Å²) in [4.78, 5) is 0. The minimum absolute atomic E-state index is 0.593. The Morgan fingerprint density at radius 2 is 0.755 bits per heavy atom. The van der Waals surface area contributed by atoms with Gasteiger partial charge in [-0.15, -0.1) is 0 Å². The van der Waals surface area contributed by atoms with Crippen LogP contribution in [0.4, 0.5) is 11.4 Å². The average Bonchev–Trinajstić information content (AvgIpc) is 3.23. The van der Waals surface area contributed by atoms with Gasteiger partial charge in [0.15, 0.2) is 0 Å². The fourth-order valence-corrected chi connectivity index (χ4v) is 13.2. The molecule has 1 aliphatic rings. The van der Waals surface area contributed by atoms with Crippen LogP contribution in [0.3, 0.4) is 0 Å². The van der Waals surface area contributed by atoms with Crippen molar-refractivity contribution in [2.24, 2.45) is 0 Å². The molecule has 0 aromatic heterocycles. The van der Waals surface area contributed by atoms with E-state index in [-0.39, 0.29) is 0 Å². The van der Waals surface area contributed by atoms with Gasteiger partial charge in [0.1, 0.15) is 0 Å². The van der Waals surface area contributed by atoms with Crippen molar-refractivity contribution in [3.05, 3.63) is 193 Å². The Labute approximate surface area is 315 Å². The van der Waals surface area contributed by atoms with Crippen molar-refractivity contribution in [1.82, 2.24) is 0 Å². The molecule has 1 heterocycles. The van der Waals surface area contributed by atoms with Crippen LogP contribution in [0.1, 0.15) is 17.5 Å². The highest BCUT2D eigenvalue weighted by Crippen LogP contribution is 2.44. The second-order valence-corrected chi connectivity index (χ2v) is 18.3. The molecule has 8 aromatic rings. The smallest absolute Gasteiger partial charge is 0.0424 e. The molecule has 0 saturated heterocycles. The molecule has 53 heavy (non-hydrogen) atoms. The molecule has 8 aromatic carbocycles. The average molecular weight is 721 g/mol. The van der Waals surface area contributed by atoms with Crippen molar-refractivity contribution in [3.63, 3.8) is 0 Å². The highest BCUT2D eigenvalue weighted by atomic mass is 31.1. The van der Waals surface area contributed by atoms with Crippen LogP contribution < -0.4 is 31.9 Å². The normalized spacial score (nSPS) is 16.2. The molecule has 2 atom stereocenters. The van der Waals surface area contributed by atoms with Crippen LogP contribution in [0.2, 0.25) is 0 Å². The van der Waals surface area contributed by atoms with Crippen LogP contribution in [0.5, 0.6) is 0 Å². The molecule has 0 bridgehead atoms. The van der Waals surface area contributed by atoms with E-state index in [1.54, 1.807) is 0 Å². The van der Waals surface area contributed by atoms with Crippen molar-refractivity contribution < 1.29 is 0 Å². The third-order valence-corrected chi connectivity index (χ3v) is 15.8. The molecule has 9 rings (SSSR count). The Morgan fingerprint density at radius 1 is 0.358 bits per heavy atom. The van der Waals surface area contributed by atoms with Gasteiger partial charge in [0.25, 0.3) is 0 Å². The molecule has 4 heteroatoms. The highest BCUT2D eigenvalue weighted by molar-refractivity contribution is 7.74. The number of nitrogens with one attached hydrogen (secondary N) is 2. The fourth-order valence-electron chi connectivity index (χ4n) is 8.00. The maximum Gasteiger partial charge on any atom is 0.0424 e. The molecule has 2 unspecified atom stereocenters. The third kappa shape index (κ3) is 6.87. The zero-order valence-corrected chi connectivity index (χ0v) is 31.5. The summed E-state index contributed by atoms with van der Waals surface area (Å²) >= 11 is 0. The molecule has 0 fully saturated rings. The summed E-state index contributed by atoms with van der Waals surface area (Å²) in [6.07, 6.45) is 3.42. The predicted molar refractivity (Wildman–Crippen MR) is 234 cm³/mol. The van der Waals surface area contributed by atoms with Crippen molar-refractivity contribution in [2.75, 3.05) is 23.0 Å². The number of hydrogen-bond acceptors (Lipinski definition) is 2. The van der Waals surface area contributed by atoms with E-state index >= 15 is 0 Å². The molecular formula is C49H42N2P2. The summed E-state index contributed by atoms with van der Waals surface area (Å²) in [6.45, 7) is 1.46. The lowest BCUT2D eigenvalue weighted by molar-refractivity contribution is 1.11. The first-order chi connectivity index (χ1) is 26.3. The van der Waals surface area contributed by atoms with E-state index in [1.165, 1.54) is 76.4 Å². The van der Waals surface area contributed by atoms with E-state index < -0.39 is 15.8 Å². The SMILES string of the molecule is c1ccc(P2CCCP(c3ccccc3)c3ccccc3NCc3ccc4ccccc4c3-c3c(ccc4ccccc34)CNc3ccccc32)cc1. The fraction of sp³-hybridized carbons (Fsp3) is 0.102. The first-order valence-electron chi connectivity index (χ1n) is 18.6. The molecular weight excluding hydrogens is 679 g/mol. The van der Waals surface area contributed by atoms with Crippen LogP contribution in [-0.4, -0.2) is 12.3 Å². The van der Waals surface area contributed by atoms with Gasteiger partial charge < -0.3 is 10.6 Å². The summed E-state index contributed by atoms with van der Waals surface area (Å²) in [5.74, 6) is 0. The van der Waals surface area contributed by atoms with Crippen LogP contribution in [0, 0.1) is 0 Å². The molecule has 0 saturated carbocycles. The van der Waals surface area contributed by atoms with Crippen LogP contribution in [-0.2, 0) is 13.1 Å². The van der Waals surface area contributed by atoms with E-state index in [0.29, 0.717) is 0 Å². The Balaban J connectivity index is 1.27. The summed E-state index contributed by atoms with van der Waals surface area (Å²) in [5.41, 5.74) is 7.71. The zero-order chi connectivity index (χ0) is 35.4. The predicted octanol–water partition coefficient (Wildman–Crippen LogP) is 11.2. The number of hydrogen-bond donors (Lipinski definition) is 2. The first-order valence-corrected chi connectivity index (χ1v) is 21.7. The van der Waals surface area contributed by atoms with Crippen LogP contribution in [0.15, 0.2) is 182 Å². The van der Waals surface area contributed by atoms with Gasteiger partial charge in [-0.2, -0.15) is 0 Å². The van der Waals surface area contributed by atoms with E-state index in [9.17, 15) is 0 Å². The lowest BCUT2D eigenvalue weighted by Gasteiger charge is -2.25. The summed E-state index contributed by atoms with van der Waals surface area (Å²) in [6, 6.07) is 67.7. The van der Waals surface area contributed by atoms with Crippen LogP contribution >= 0.6 is 15.8 Å². The van der Waals surface area contributed by atoms with E-state index in [4.69, 9.17) is 0 Å². The molecule has 0 amide bonds. The molecule has 1 aliphatic heterocycles. The third-order valence-electron chi connectivity index (χ3n) is 10.5. The summed E-state index contributed by atoms with van der Waals surface area (Å²) < 4.78 is 0. The number of benzene rings is 8. The largest absolute Gasteiger partial charge is 0.380 e. The monoisotopic (exact) mass is 720 g/mol. The quantitative estimate of drug-likeness (QED) is 0.174. The maximum atomic E-state index is 4.01. The van der Waals surface area contributed by atoms with Gasteiger partial charge in [-0.25, -0.2) is 0 Å². The minimum Gasteiger partial charge on any atom is -0.380 e. The van der Waals surface area contributed by atoms with Crippen molar-refractivity contribution >= 4 is 70.0 Å². The minimum atomic E-state index is -0.593. The Morgan fingerprint density at radius 3 is 1.23 bits per heavy atom. The second-order valence-electron chi connectivity index (χ2n) is 13.7. The zero-order valence-electron chi connectivity index (χ0n) is 29.8. The Bertz CT molecular complexity index is 2340. The van der Waals surface area contributed by atoms with Crippen molar-refractivity contribution in [2.45, 2.75) is 19.5 Å². The van der Waals surface area contributed by atoms with Gasteiger partial charge >= 0.3 is 0 Å². The van der Waals surface area contributed by atoms with Crippen molar-refractivity contribution in [3.8, 4) is 11.1 Å². The van der Waals surface area contributed by atoms with Gasteiger partial charge in [0.05, 0.1) is 0 Å². The maximum absolute atomic E-state index is 4.01. The van der Waals surface area contributed by atoms with Gasteiger partial charge in [-0.3, -0.25) is 0 Å². The number of fused-ring (bicyclic) bond motifs is 9. The van der Waals surface area contributed by atoms with E-state index in [1.807, 2.05) is 0 Å². The van der Waals surface area contributed by atoms with Gasteiger partial charge in [-0.1, -0.05) is 170 Å². The first kappa shape index (κ1) is 33.6. The lowest BCUT2D eigenvalue weighted by Crippen LogP contribution is -2.21. The molecule has 0 spiro atoms. The molecule has 0 aliphatic carbocycles. The summed E-state index contributed by atoms with van der Waals surface area (Å²) in [7, 11) is -1.19. The second kappa shape index (κ2) is 15.4. The van der Waals surface area contributed by atoms with Gasteiger partial charge in [-0.05, 0) is 101 Å². The lowest BCUT2D eigenvalue weighted by atomic mass is 9.87. The van der Waals surface area contributed by atoms with Crippen LogP contribution in [0.25, 0.3) is 32.7 Å². The van der Waals surface area contributed by atoms with Crippen molar-refractivity contribution in [1.29, 1.82) is 0 Å². The molecule has 0 radical (unpaired) electrons. The van der Waals surface area contributed by atoms with E-state index in [0.717, 1.165) is 31.8 Å². The van der Waals surface area contributed by atoms with Gasteiger partial charge in [0.2, 0.25) is 0 Å². The molecule has 2 N–H and O–H groups in total. The Kier molecular flexibility index (Phi) is 9.74. The van der Waals surface area contributed by atoms with Gasteiger partial charge in [0, 0.05) is 35.1 Å². The number of para-hydroxylation sites is 2. The number of rotatable bonds is 2. The van der Waals surface area contributed by atoms with E-state index in [2.05, 4.69) is 193 Å². The molecule has 258 valence electrons. The Hall–Kier alpha value is -5.26. The highest BCUT2D eigenvalue weighted by Gasteiger charge is 2.23. The summed E-state index contributed by atoms with van der Waals surface area (Å²) in [5, 5.41) is 18.8. The molecule has 2 nitrogen and oxygen atoms in total. The number of anilines is 2. The standard InChI is InChI=1S/C49H42N2P2/c1-3-18-40(19-4-1)52-32-15-33-53(41-20-5-2-6-21-41)47-27-14-12-25-45(47)51-35-39-31-29-37-17-8-10-23-43(37)49(39)48-38(30-28-36-16-7-9-22-42(36)48)34-50-44-24-11-13-26-46(44)52/h1-14,16-31,50-51H,15,32-35H2. The topological polar surface area (TPSA) is 24.1 Å².